The Balaban J connectivity index is 1.96. The van der Waals surface area contributed by atoms with Crippen LogP contribution in [0.3, 0.4) is 0 Å². The van der Waals surface area contributed by atoms with Crippen molar-refractivity contribution in [2.75, 3.05) is 6.54 Å². The number of phenolic OH excluding ortho intramolecular Hbond substituents is 1. The number of aromatic hydroxyl groups is 1. The quantitative estimate of drug-likeness (QED) is 0.802. The van der Waals surface area contributed by atoms with Crippen LogP contribution in [0.5, 0.6) is 5.75 Å². The van der Waals surface area contributed by atoms with Gasteiger partial charge in [0.1, 0.15) is 5.75 Å². The monoisotopic (exact) mass is 229 g/mol. The van der Waals surface area contributed by atoms with Crippen molar-refractivity contribution in [3.8, 4) is 5.75 Å². The van der Waals surface area contributed by atoms with Crippen molar-refractivity contribution in [1.29, 1.82) is 0 Å². The zero-order valence-electron chi connectivity index (χ0n) is 9.60. The summed E-state index contributed by atoms with van der Waals surface area (Å²) in [5, 5.41) is 9.26. The van der Waals surface area contributed by atoms with Crippen molar-refractivity contribution in [3.05, 3.63) is 36.0 Å². The maximum atomic E-state index is 12.1. The van der Waals surface area contributed by atoms with E-state index in [2.05, 4.69) is 4.90 Å². The van der Waals surface area contributed by atoms with E-state index in [-0.39, 0.29) is 11.5 Å². The lowest BCUT2D eigenvalue weighted by molar-refractivity contribution is -0.115. The molecule has 0 aliphatic carbocycles. The van der Waals surface area contributed by atoms with Crippen LogP contribution >= 0.6 is 0 Å². The van der Waals surface area contributed by atoms with Crippen molar-refractivity contribution in [2.45, 2.75) is 25.3 Å². The third-order valence-electron chi connectivity index (χ3n) is 3.62. The summed E-state index contributed by atoms with van der Waals surface area (Å²) in [6, 6.07) is 7.27. The number of carbonyl (C=O) groups excluding carboxylic acids is 1. The van der Waals surface area contributed by atoms with Gasteiger partial charge >= 0.3 is 0 Å². The molecule has 2 aliphatic rings. The Kier molecular flexibility index (Phi) is 2.39. The molecule has 0 radical (unpaired) electrons. The van der Waals surface area contributed by atoms with Gasteiger partial charge in [0.2, 0.25) is 0 Å². The van der Waals surface area contributed by atoms with Gasteiger partial charge in [0.15, 0.2) is 5.78 Å². The molecule has 0 aromatic heterocycles. The molecule has 0 bridgehead atoms. The van der Waals surface area contributed by atoms with Gasteiger partial charge in [0.05, 0.1) is 0 Å². The molecule has 2 heterocycles. The summed E-state index contributed by atoms with van der Waals surface area (Å²) in [6.07, 6.45) is 4.94. The van der Waals surface area contributed by atoms with E-state index in [0.717, 1.165) is 24.1 Å². The van der Waals surface area contributed by atoms with Gasteiger partial charge in [-0.05, 0) is 30.5 Å². The number of benzene rings is 1. The number of fused-ring (bicyclic) bond motifs is 1. The van der Waals surface area contributed by atoms with Gasteiger partial charge in [0.25, 0.3) is 0 Å². The van der Waals surface area contributed by atoms with Crippen LogP contribution in [0, 0.1) is 0 Å². The third kappa shape index (κ3) is 1.82. The molecule has 1 saturated heterocycles. The fraction of sp³-hybridized carbons (Fsp3) is 0.357. The summed E-state index contributed by atoms with van der Waals surface area (Å²) in [5.74, 6) is 0.454. The summed E-state index contributed by atoms with van der Waals surface area (Å²) >= 11 is 0. The first-order valence-corrected chi connectivity index (χ1v) is 6.04. The second kappa shape index (κ2) is 3.91. The largest absolute Gasteiger partial charge is 0.508 e. The Morgan fingerprint density at radius 3 is 2.76 bits per heavy atom. The highest BCUT2D eigenvalue weighted by atomic mass is 16.3. The fourth-order valence-electron chi connectivity index (χ4n) is 2.69. The average Bonchev–Trinajstić information content (AvgIpc) is 2.76. The summed E-state index contributed by atoms with van der Waals surface area (Å²) < 4.78 is 0. The van der Waals surface area contributed by atoms with E-state index < -0.39 is 0 Å². The smallest absolute Gasteiger partial charge is 0.166 e. The van der Waals surface area contributed by atoms with E-state index in [1.807, 2.05) is 6.20 Å². The first-order valence-electron chi connectivity index (χ1n) is 6.04. The maximum Gasteiger partial charge on any atom is 0.166 e. The zero-order chi connectivity index (χ0) is 11.8. The topological polar surface area (TPSA) is 40.5 Å². The lowest BCUT2D eigenvalue weighted by Crippen LogP contribution is -2.32. The number of allylic oxidation sites excluding steroid dienone is 1. The van der Waals surface area contributed by atoms with Crippen LogP contribution in [-0.4, -0.2) is 28.4 Å². The Morgan fingerprint density at radius 1 is 1.24 bits per heavy atom. The number of nitrogens with zero attached hydrogens (tertiary/aromatic N) is 1. The number of carbonyl (C=O) groups is 1. The second-order valence-electron chi connectivity index (χ2n) is 4.75. The van der Waals surface area contributed by atoms with Gasteiger partial charge in [-0.15, -0.1) is 0 Å². The first kappa shape index (κ1) is 10.4. The van der Waals surface area contributed by atoms with Gasteiger partial charge in [0, 0.05) is 30.8 Å². The molecule has 1 aromatic rings. The Hall–Kier alpha value is -1.77. The minimum Gasteiger partial charge on any atom is -0.508 e. The number of Topliss-reactive ketones (excluding diaryl/α,β-unsaturated/α-hetero) is 1. The zero-order valence-corrected chi connectivity index (χ0v) is 9.60. The van der Waals surface area contributed by atoms with Crippen LogP contribution in [0.4, 0.5) is 0 Å². The molecular formula is C14H15NO2. The Labute approximate surface area is 100 Å². The molecule has 3 nitrogen and oxygen atoms in total. The highest BCUT2D eigenvalue weighted by molar-refractivity contribution is 6.21. The molecule has 0 spiro atoms. The molecule has 88 valence electrons. The highest BCUT2D eigenvalue weighted by Gasteiger charge is 2.31. The molecule has 17 heavy (non-hydrogen) atoms. The molecule has 2 aliphatic heterocycles. The maximum absolute atomic E-state index is 12.1. The molecular weight excluding hydrogens is 214 g/mol. The molecule has 1 N–H and O–H groups in total. The average molecular weight is 229 g/mol. The normalized spacial score (nSPS) is 23.5. The summed E-state index contributed by atoms with van der Waals surface area (Å²) in [5.41, 5.74) is 1.68. The van der Waals surface area contributed by atoms with Gasteiger partial charge in [-0.25, -0.2) is 0 Å². The van der Waals surface area contributed by atoms with Crippen molar-refractivity contribution in [1.82, 2.24) is 4.90 Å². The predicted molar refractivity (Wildman–Crippen MR) is 65.4 cm³/mol. The second-order valence-corrected chi connectivity index (χ2v) is 4.75. The Morgan fingerprint density at radius 2 is 2.00 bits per heavy atom. The van der Waals surface area contributed by atoms with Crippen LogP contribution in [0.1, 0.15) is 24.8 Å². The van der Waals surface area contributed by atoms with E-state index in [0.29, 0.717) is 12.5 Å². The fourth-order valence-corrected chi connectivity index (χ4v) is 2.69. The van der Waals surface area contributed by atoms with Gasteiger partial charge in [-0.3, -0.25) is 4.79 Å². The van der Waals surface area contributed by atoms with E-state index in [9.17, 15) is 9.90 Å². The van der Waals surface area contributed by atoms with Crippen molar-refractivity contribution in [3.63, 3.8) is 0 Å². The summed E-state index contributed by atoms with van der Waals surface area (Å²) in [7, 11) is 0. The molecule has 1 aromatic carbocycles. The highest BCUT2D eigenvalue weighted by Crippen LogP contribution is 2.31. The number of phenols is 1. The van der Waals surface area contributed by atoms with E-state index in [1.54, 1.807) is 24.3 Å². The molecule has 3 rings (SSSR count). The van der Waals surface area contributed by atoms with Gasteiger partial charge < -0.3 is 10.0 Å². The SMILES string of the molecule is O=C1CC2CCCN2C=C1c1ccc(O)cc1. The van der Waals surface area contributed by atoms with Crippen LogP contribution in [0.2, 0.25) is 0 Å². The van der Waals surface area contributed by atoms with Crippen molar-refractivity contribution < 1.29 is 9.90 Å². The predicted octanol–water partition coefficient (Wildman–Crippen LogP) is 2.17. The van der Waals surface area contributed by atoms with E-state index in [4.69, 9.17) is 0 Å². The standard InChI is InChI=1S/C14H15NO2/c16-12-5-3-10(4-6-12)13-9-15-7-1-2-11(15)8-14(13)17/h3-6,9,11,16H,1-2,7-8H2. The van der Waals surface area contributed by atoms with Crippen molar-refractivity contribution in [2.24, 2.45) is 0 Å². The van der Waals surface area contributed by atoms with Crippen molar-refractivity contribution >= 4 is 11.4 Å². The third-order valence-corrected chi connectivity index (χ3v) is 3.62. The minimum absolute atomic E-state index is 0.221. The number of ketones is 1. The van der Waals surface area contributed by atoms with Crippen LogP contribution < -0.4 is 0 Å². The molecule has 1 unspecified atom stereocenters. The summed E-state index contributed by atoms with van der Waals surface area (Å²) in [6.45, 7) is 1.06. The van der Waals surface area contributed by atoms with Gasteiger partial charge in [-0.2, -0.15) is 0 Å². The molecule has 0 saturated carbocycles. The van der Waals surface area contributed by atoms with Crippen LogP contribution in [0.25, 0.3) is 5.57 Å². The lowest BCUT2D eigenvalue weighted by Gasteiger charge is -2.28. The van der Waals surface area contributed by atoms with Gasteiger partial charge in [-0.1, -0.05) is 12.1 Å². The molecule has 0 amide bonds. The molecule has 1 fully saturated rings. The molecule has 3 heteroatoms. The first-order chi connectivity index (χ1) is 8.24. The van der Waals surface area contributed by atoms with E-state index in [1.165, 1.54) is 6.42 Å². The van der Waals surface area contributed by atoms with E-state index >= 15 is 0 Å². The number of hydrogen-bond acceptors (Lipinski definition) is 3. The lowest BCUT2D eigenvalue weighted by atomic mass is 9.94. The summed E-state index contributed by atoms with van der Waals surface area (Å²) in [4.78, 5) is 14.3. The Bertz CT molecular complexity index is 476. The number of hydrogen-bond donors (Lipinski definition) is 1. The minimum atomic E-state index is 0.221. The molecule has 1 atom stereocenters. The number of rotatable bonds is 1. The van der Waals surface area contributed by atoms with Crippen LogP contribution in [0.15, 0.2) is 30.5 Å². The van der Waals surface area contributed by atoms with Crippen LogP contribution in [-0.2, 0) is 4.79 Å².